The van der Waals surface area contributed by atoms with Gasteiger partial charge in [-0.25, -0.2) is 4.99 Å². The second-order valence-corrected chi connectivity index (χ2v) is 6.99. The third-order valence-corrected chi connectivity index (χ3v) is 4.96. The molecular weight excluding hydrogens is 367 g/mol. The van der Waals surface area contributed by atoms with Crippen LogP contribution in [0.2, 0.25) is 0 Å². The van der Waals surface area contributed by atoms with Crippen LogP contribution >= 0.6 is 11.3 Å². The highest BCUT2D eigenvalue weighted by atomic mass is 32.1. The number of nitrogens with two attached hydrogens (primary N) is 1. The fourth-order valence-corrected chi connectivity index (χ4v) is 3.73. The smallest absolute Gasteiger partial charge is 0.406 e. The summed E-state index contributed by atoms with van der Waals surface area (Å²) >= 11 is 1.70. The third-order valence-electron chi connectivity index (χ3n) is 3.98. The van der Waals surface area contributed by atoms with E-state index in [4.69, 9.17) is 10.5 Å². The van der Waals surface area contributed by atoms with Crippen LogP contribution in [0.5, 0.6) is 5.75 Å². The van der Waals surface area contributed by atoms with Gasteiger partial charge in [-0.2, -0.15) is 0 Å². The Kier molecular flexibility index (Phi) is 5.10. The van der Waals surface area contributed by atoms with Gasteiger partial charge in [0.05, 0.1) is 13.2 Å². The summed E-state index contributed by atoms with van der Waals surface area (Å²) in [5.74, 6) is -0.145. The first-order valence-electron chi connectivity index (χ1n) is 7.89. The number of nitrogens with one attached hydrogen (secondary N) is 1. The highest BCUT2D eigenvalue weighted by Crippen LogP contribution is 2.36. The predicted molar refractivity (Wildman–Crippen MR) is 94.6 cm³/mol. The maximum absolute atomic E-state index is 12.2. The van der Waals surface area contributed by atoms with E-state index in [9.17, 15) is 13.2 Å². The first-order valence-corrected chi connectivity index (χ1v) is 8.77. The molecule has 26 heavy (non-hydrogen) atoms. The minimum Gasteiger partial charge on any atom is -0.406 e. The van der Waals surface area contributed by atoms with Gasteiger partial charge >= 0.3 is 6.36 Å². The number of nitrogens with zero attached hydrogens (tertiary/aromatic N) is 1. The number of halogens is 3. The molecule has 0 radical (unpaired) electrons. The molecule has 3 rings (SSSR count). The van der Waals surface area contributed by atoms with E-state index in [1.165, 1.54) is 29.1 Å². The van der Waals surface area contributed by atoms with Crippen LogP contribution in [0.25, 0.3) is 0 Å². The zero-order valence-electron chi connectivity index (χ0n) is 14.0. The molecule has 0 fully saturated rings. The van der Waals surface area contributed by atoms with Gasteiger partial charge in [0.15, 0.2) is 5.96 Å². The van der Waals surface area contributed by atoms with Gasteiger partial charge in [0.25, 0.3) is 0 Å². The Morgan fingerprint density at radius 1 is 1.35 bits per heavy atom. The van der Waals surface area contributed by atoms with Crippen LogP contribution in [0, 0.1) is 0 Å². The summed E-state index contributed by atoms with van der Waals surface area (Å²) in [7, 11) is 0. The molecule has 2 aromatic rings. The minimum absolute atomic E-state index is 0.154. The zero-order chi connectivity index (χ0) is 18.8. The van der Waals surface area contributed by atoms with Gasteiger partial charge in [-0.15, -0.1) is 24.5 Å². The summed E-state index contributed by atoms with van der Waals surface area (Å²) in [6.45, 7) is 2.94. The van der Waals surface area contributed by atoms with Crippen molar-refractivity contribution in [2.75, 3.05) is 18.5 Å². The lowest BCUT2D eigenvalue weighted by molar-refractivity contribution is -0.274. The number of benzene rings is 1. The number of hydrogen-bond donors (Lipinski definition) is 2. The van der Waals surface area contributed by atoms with E-state index in [1.54, 1.807) is 11.3 Å². The average molecular weight is 385 g/mol. The molecule has 0 bridgehead atoms. The Morgan fingerprint density at radius 3 is 2.77 bits per heavy atom. The number of aliphatic imine (C=N–C) groups is 1. The monoisotopic (exact) mass is 385 g/mol. The van der Waals surface area contributed by atoms with Crippen LogP contribution in [-0.4, -0.2) is 25.5 Å². The molecule has 1 unspecified atom stereocenters. The Labute approximate surface area is 152 Å². The van der Waals surface area contributed by atoms with Crippen LogP contribution in [0.1, 0.15) is 17.4 Å². The van der Waals surface area contributed by atoms with E-state index in [2.05, 4.69) is 15.0 Å². The summed E-state index contributed by atoms with van der Waals surface area (Å²) in [4.78, 5) is 5.62. The van der Waals surface area contributed by atoms with Crippen LogP contribution in [0.15, 0.2) is 40.7 Å². The highest BCUT2D eigenvalue weighted by molar-refractivity contribution is 7.10. The van der Waals surface area contributed by atoms with Crippen molar-refractivity contribution in [2.24, 2.45) is 10.7 Å². The van der Waals surface area contributed by atoms with Crippen LogP contribution in [-0.2, 0) is 16.8 Å². The molecule has 0 saturated heterocycles. The van der Waals surface area contributed by atoms with Crippen molar-refractivity contribution in [3.8, 4) is 5.75 Å². The summed E-state index contributed by atoms with van der Waals surface area (Å²) in [6.07, 6.45) is -3.82. The molecule has 1 aliphatic heterocycles. The number of guanidine groups is 1. The molecule has 5 nitrogen and oxygen atoms in total. The first-order chi connectivity index (χ1) is 12.3. The Morgan fingerprint density at radius 2 is 2.08 bits per heavy atom. The largest absolute Gasteiger partial charge is 0.573 e. The first kappa shape index (κ1) is 18.5. The number of thiophene rings is 1. The highest BCUT2D eigenvalue weighted by Gasteiger charge is 2.34. The molecule has 1 aromatic carbocycles. The quantitative estimate of drug-likeness (QED) is 0.619. The normalized spacial score (nSPS) is 20.5. The van der Waals surface area contributed by atoms with Gasteiger partial charge in [-0.3, -0.25) is 0 Å². The van der Waals surface area contributed by atoms with Crippen molar-refractivity contribution < 1.29 is 22.6 Å². The van der Waals surface area contributed by atoms with Crippen molar-refractivity contribution in [3.05, 3.63) is 46.2 Å². The van der Waals surface area contributed by atoms with E-state index in [-0.39, 0.29) is 11.7 Å². The van der Waals surface area contributed by atoms with Crippen molar-refractivity contribution in [1.82, 2.24) is 0 Å². The van der Waals surface area contributed by atoms with Gasteiger partial charge in [-0.1, -0.05) is 0 Å². The lowest BCUT2D eigenvalue weighted by atomic mass is 9.93. The van der Waals surface area contributed by atoms with Gasteiger partial charge in [0.1, 0.15) is 11.4 Å². The summed E-state index contributed by atoms with van der Waals surface area (Å²) in [5, 5.41) is 4.88. The van der Waals surface area contributed by atoms with Crippen LogP contribution in [0.4, 0.5) is 18.9 Å². The number of rotatable bonds is 4. The summed E-state index contributed by atoms with van der Waals surface area (Å²) < 4.78 is 46.2. The lowest BCUT2D eigenvalue weighted by Crippen LogP contribution is -2.36. The van der Waals surface area contributed by atoms with E-state index >= 15 is 0 Å². The predicted octanol–water partition coefficient (Wildman–Crippen LogP) is 3.86. The van der Waals surface area contributed by atoms with Gasteiger partial charge in [-0.05, 0) is 48.2 Å². The molecule has 1 atom stereocenters. The van der Waals surface area contributed by atoms with Crippen LogP contribution in [0.3, 0.4) is 0 Å². The molecule has 3 N–H and O–H groups in total. The fraction of sp³-hybridized carbons (Fsp3) is 0.353. The number of ether oxygens (including phenoxy) is 2. The molecule has 0 aliphatic carbocycles. The molecule has 0 amide bonds. The SMILES string of the molecule is CC1(CN=C(N)Nc2ccc(OC(F)(F)F)cc2)OCCc2sccc21. The Balaban J connectivity index is 1.63. The van der Waals surface area contributed by atoms with Crippen molar-refractivity contribution in [3.63, 3.8) is 0 Å². The topological polar surface area (TPSA) is 68.9 Å². The molecule has 0 saturated carbocycles. The summed E-state index contributed by atoms with van der Waals surface area (Å²) in [6, 6.07) is 7.30. The number of alkyl halides is 3. The second kappa shape index (κ2) is 7.16. The molecule has 9 heteroatoms. The average Bonchev–Trinajstić information content (AvgIpc) is 3.04. The number of hydrogen-bond acceptors (Lipinski definition) is 4. The van der Waals surface area contributed by atoms with E-state index in [0.29, 0.717) is 18.8 Å². The second-order valence-electron chi connectivity index (χ2n) is 5.99. The third kappa shape index (κ3) is 4.47. The molecule has 1 aromatic heterocycles. The van der Waals surface area contributed by atoms with Gasteiger partial charge in [0, 0.05) is 17.0 Å². The zero-order valence-corrected chi connectivity index (χ0v) is 14.8. The molecular formula is C17H18F3N3O2S. The van der Waals surface area contributed by atoms with E-state index < -0.39 is 12.0 Å². The van der Waals surface area contributed by atoms with Gasteiger partial charge in [0.2, 0.25) is 0 Å². The lowest BCUT2D eigenvalue weighted by Gasteiger charge is -2.33. The maximum Gasteiger partial charge on any atom is 0.573 e. The van der Waals surface area contributed by atoms with Crippen molar-refractivity contribution in [2.45, 2.75) is 25.3 Å². The van der Waals surface area contributed by atoms with E-state index in [1.807, 2.05) is 18.4 Å². The van der Waals surface area contributed by atoms with E-state index in [0.717, 1.165) is 12.0 Å². The van der Waals surface area contributed by atoms with Gasteiger partial charge < -0.3 is 20.5 Å². The molecule has 2 heterocycles. The Bertz CT molecular complexity index is 789. The number of anilines is 1. The van der Waals surface area contributed by atoms with Crippen molar-refractivity contribution >= 4 is 23.0 Å². The Hall–Kier alpha value is -2.26. The number of fused-ring (bicyclic) bond motifs is 1. The van der Waals surface area contributed by atoms with Crippen molar-refractivity contribution in [1.29, 1.82) is 0 Å². The minimum atomic E-state index is -4.72. The standard InChI is InChI=1S/C17H18F3N3O2S/c1-16(13-7-9-26-14(13)6-8-24-16)10-22-15(21)23-11-2-4-12(5-3-11)25-17(18,19)20/h2-5,7,9H,6,8,10H2,1H3,(H3,21,22,23). The van der Waals surface area contributed by atoms with Crippen LogP contribution < -0.4 is 15.8 Å². The molecule has 1 aliphatic rings. The summed E-state index contributed by atoms with van der Waals surface area (Å²) in [5.41, 5.74) is 6.98. The molecule has 140 valence electrons. The maximum atomic E-state index is 12.2. The fourth-order valence-electron chi connectivity index (χ4n) is 2.75. The molecule has 0 spiro atoms.